The van der Waals surface area contributed by atoms with Gasteiger partial charge in [-0.25, -0.2) is 0 Å². The largest absolute Gasteiger partial charge is 0.192 e. The summed E-state index contributed by atoms with van der Waals surface area (Å²) in [5, 5.41) is 12.2. The smallest absolute Gasteiger partial charge is 0.101 e. The van der Waals surface area contributed by atoms with E-state index in [0.29, 0.717) is 0 Å². The lowest BCUT2D eigenvalue weighted by molar-refractivity contribution is 1.08. The summed E-state index contributed by atoms with van der Waals surface area (Å²) in [6.45, 7) is 2.05. The molecule has 0 saturated carbocycles. The van der Waals surface area contributed by atoms with Crippen molar-refractivity contribution in [1.29, 1.82) is 5.26 Å². The third-order valence-electron chi connectivity index (χ3n) is 2.29. The first kappa shape index (κ1) is 9.57. The van der Waals surface area contributed by atoms with Crippen LogP contribution in [0, 0.1) is 11.3 Å². The zero-order chi connectivity index (χ0) is 10.1. The van der Waals surface area contributed by atoms with E-state index in [1.54, 1.807) is 11.3 Å². The summed E-state index contributed by atoms with van der Waals surface area (Å²) in [4.78, 5) is 0.926. The fraction of sp³-hybridized carbons (Fsp3) is 0.182. The van der Waals surface area contributed by atoms with Gasteiger partial charge in [-0.05, 0) is 34.9 Å². The normalized spacial score (nSPS) is 10.4. The molecule has 70 valence electrons. The Hall–Kier alpha value is -0.980. The minimum atomic E-state index is 0.796. The number of thiol groups is 1. The topological polar surface area (TPSA) is 23.8 Å². The van der Waals surface area contributed by atoms with Gasteiger partial charge in [0.25, 0.3) is 0 Å². The van der Waals surface area contributed by atoms with E-state index in [0.717, 1.165) is 32.5 Å². The summed E-state index contributed by atoms with van der Waals surface area (Å²) in [6.07, 6.45) is 0.857. The summed E-state index contributed by atoms with van der Waals surface area (Å²) in [5.74, 6) is 0. The number of hydrogen-bond acceptors (Lipinski definition) is 3. The monoisotopic (exact) mass is 219 g/mol. The average molecular weight is 219 g/mol. The molecule has 2 rings (SSSR count). The van der Waals surface area contributed by atoms with Gasteiger partial charge >= 0.3 is 0 Å². The molecular weight excluding hydrogens is 210 g/mol. The van der Waals surface area contributed by atoms with Crippen LogP contribution in [-0.2, 0) is 6.42 Å². The Kier molecular flexibility index (Phi) is 2.49. The van der Waals surface area contributed by atoms with Crippen molar-refractivity contribution in [3.63, 3.8) is 0 Å². The SMILES string of the molecule is CCc1c(S)cc2ccsc2c1C#N. The molecule has 1 aromatic heterocycles. The van der Waals surface area contributed by atoms with Crippen LogP contribution in [-0.4, -0.2) is 0 Å². The Morgan fingerprint density at radius 3 is 3.00 bits per heavy atom. The number of thiophene rings is 1. The molecule has 0 amide bonds. The van der Waals surface area contributed by atoms with Crippen LogP contribution in [0.1, 0.15) is 18.1 Å². The third-order valence-corrected chi connectivity index (χ3v) is 3.64. The minimum absolute atomic E-state index is 0.796. The van der Waals surface area contributed by atoms with Gasteiger partial charge in [0.05, 0.1) is 10.3 Å². The Labute approximate surface area is 92.4 Å². The van der Waals surface area contributed by atoms with Crippen LogP contribution < -0.4 is 0 Å². The lowest BCUT2D eigenvalue weighted by Crippen LogP contribution is -1.89. The lowest BCUT2D eigenvalue weighted by atomic mass is 10.0. The van der Waals surface area contributed by atoms with Crippen molar-refractivity contribution in [2.24, 2.45) is 0 Å². The summed E-state index contributed by atoms with van der Waals surface area (Å²) in [5.41, 5.74) is 1.86. The first-order chi connectivity index (χ1) is 6.77. The van der Waals surface area contributed by atoms with Crippen LogP contribution >= 0.6 is 24.0 Å². The quantitative estimate of drug-likeness (QED) is 0.728. The lowest BCUT2D eigenvalue weighted by Gasteiger charge is -2.05. The van der Waals surface area contributed by atoms with Gasteiger partial charge in [0, 0.05) is 4.90 Å². The fourth-order valence-electron chi connectivity index (χ4n) is 1.61. The average Bonchev–Trinajstić information content (AvgIpc) is 2.62. The molecule has 0 aliphatic carbocycles. The highest BCUT2D eigenvalue weighted by molar-refractivity contribution is 7.80. The molecule has 0 aliphatic heterocycles. The van der Waals surface area contributed by atoms with Gasteiger partial charge in [-0.3, -0.25) is 0 Å². The van der Waals surface area contributed by atoms with E-state index in [1.807, 2.05) is 17.5 Å². The Morgan fingerprint density at radius 1 is 1.57 bits per heavy atom. The second-order valence-electron chi connectivity index (χ2n) is 3.05. The van der Waals surface area contributed by atoms with Gasteiger partial charge < -0.3 is 0 Å². The molecule has 0 saturated heterocycles. The Bertz CT molecular complexity index is 520. The first-order valence-electron chi connectivity index (χ1n) is 4.40. The molecule has 14 heavy (non-hydrogen) atoms. The molecule has 1 aromatic carbocycles. The van der Waals surface area contributed by atoms with E-state index in [-0.39, 0.29) is 0 Å². The molecule has 0 radical (unpaired) electrons. The summed E-state index contributed by atoms with van der Waals surface area (Å²) < 4.78 is 1.09. The highest BCUT2D eigenvalue weighted by Crippen LogP contribution is 2.31. The molecule has 1 nitrogen and oxygen atoms in total. The summed E-state index contributed by atoms with van der Waals surface area (Å²) in [6, 6.07) is 6.34. The van der Waals surface area contributed by atoms with Crippen LogP contribution in [0.4, 0.5) is 0 Å². The minimum Gasteiger partial charge on any atom is -0.192 e. The van der Waals surface area contributed by atoms with Crippen molar-refractivity contribution in [2.45, 2.75) is 18.2 Å². The third kappa shape index (κ3) is 1.31. The maximum atomic E-state index is 9.11. The molecule has 0 unspecified atom stereocenters. The van der Waals surface area contributed by atoms with E-state index < -0.39 is 0 Å². The van der Waals surface area contributed by atoms with Crippen LogP contribution in [0.25, 0.3) is 10.1 Å². The highest BCUT2D eigenvalue weighted by Gasteiger charge is 2.10. The summed E-state index contributed by atoms with van der Waals surface area (Å²) >= 11 is 6.03. The number of nitriles is 1. The number of rotatable bonds is 1. The van der Waals surface area contributed by atoms with Crippen molar-refractivity contribution < 1.29 is 0 Å². The van der Waals surface area contributed by atoms with Crippen LogP contribution in [0.3, 0.4) is 0 Å². The molecule has 0 atom stereocenters. The predicted octanol–water partition coefficient (Wildman–Crippen LogP) is 3.62. The number of benzene rings is 1. The van der Waals surface area contributed by atoms with Gasteiger partial charge in [-0.15, -0.1) is 24.0 Å². The predicted molar refractivity (Wildman–Crippen MR) is 63.2 cm³/mol. The molecule has 0 bridgehead atoms. The van der Waals surface area contributed by atoms with Gasteiger partial charge in [-0.2, -0.15) is 5.26 Å². The van der Waals surface area contributed by atoms with E-state index in [1.165, 1.54) is 0 Å². The van der Waals surface area contributed by atoms with Gasteiger partial charge in [0.2, 0.25) is 0 Å². The van der Waals surface area contributed by atoms with Crippen molar-refractivity contribution >= 4 is 34.1 Å². The van der Waals surface area contributed by atoms with E-state index in [9.17, 15) is 0 Å². The fourth-order valence-corrected chi connectivity index (χ4v) is 2.92. The van der Waals surface area contributed by atoms with Crippen molar-refractivity contribution in [1.82, 2.24) is 0 Å². The van der Waals surface area contributed by atoms with Crippen molar-refractivity contribution in [3.8, 4) is 6.07 Å². The molecule has 1 heterocycles. The molecular formula is C11H9NS2. The number of fused-ring (bicyclic) bond motifs is 1. The second kappa shape index (κ2) is 3.64. The summed E-state index contributed by atoms with van der Waals surface area (Å²) in [7, 11) is 0. The maximum Gasteiger partial charge on any atom is 0.101 e. The van der Waals surface area contributed by atoms with E-state index in [2.05, 4.69) is 25.6 Å². The molecule has 2 aromatic rings. The van der Waals surface area contributed by atoms with E-state index in [4.69, 9.17) is 5.26 Å². The van der Waals surface area contributed by atoms with Gasteiger partial charge in [-0.1, -0.05) is 6.92 Å². The van der Waals surface area contributed by atoms with E-state index >= 15 is 0 Å². The standard InChI is InChI=1S/C11H9NS2/c1-2-8-9(6-12)11-7(3-4-14-11)5-10(8)13/h3-5,13H,2H2,1H3. The van der Waals surface area contributed by atoms with Gasteiger partial charge in [0.1, 0.15) is 6.07 Å². The number of nitrogens with zero attached hydrogens (tertiary/aromatic N) is 1. The highest BCUT2D eigenvalue weighted by atomic mass is 32.1. The number of hydrogen-bond donors (Lipinski definition) is 1. The first-order valence-corrected chi connectivity index (χ1v) is 5.72. The van der Waals surface area contributed by atoms with Crippen molar-refractivity contribution in [2.75, 3.05) is 0 Å². The van der Waals surface area contributed by atoms with Crippen LogP contribution in [0.2, 0.25) is 0 Å². The zero-order valence-electron chi connectivity index (χ0n) is 7.74. The molecule has 0 N–H and O–H groups in total. The van der Waals surface area contributed by atoms with Crippen molar-refractivity contribution in [3.05, 3.63) is 28.6 Å². The van der Waals surface area contributed by atoms with Crippen LogP contribution in [0.15, 0.2) is 22.4 Å². The Balaban J connectivity index is 2.91. The molecule has 3 heteroatoms. The second-order valence-corrected chi connectivity index (χ2v) is 4.45. The molecule has 0 aliphatic rings. The van der Waals surface area contributed by atoms with Gasteiger partial charge in [0.15, 0.2) is 0 Å². The molecule has 0 spiro atoms. The maximum absolute atomic E-state index is 9.11. The van der Waals surface area contributed by atoms with Crippen LogP contribution in [0.5, 0.6) is 0 Å². The molecule has 0 fully saturated rings. The zero-order valence-corrected chi connectivity index (χ0v) is 9.45. The Morgan fingerprint density at radius 2 is 2.36 bits per heavy atom.